The molecule has 0 atom stereocenters. The number of nitrogens with zero attached hydrogens (tertiary/aromatic N) is 1. The van der Waals surface area contributed by atoms with Crippen LogP contribution in [0.1, 0.15) is 25.3 Å². The number of carbonyl (C=O) groups is 1. The molecule has 1 aromatic carbocycles. The summed E-state index contributed by atoms with van der Waals surface area (Å²) in [5.41, 5.74) is 6.45. The SMILES string of the molecule is CCN(C(=O)COc1c(Cl)cc(CN)cc1OC)C1CC1. The second-order valence-corrected chi connectivity index (χ2v) is 5.42. The van der Waals surface area contributed by atoms with Gasteiger partial charge in [0.2, 0.25) is 0 Å². The Labute approximate surface area is 130 Å². The first-order valence-electron chi connectivity index (χ1n) is 7.09. The first-order valence-corrected chi connectivity index (χ1v) is 7.47. The lowest BCUT2D eigenvalue weighted by molar-refractivity contribution is -0.133. The van der Waals surface area contributed by atoms with Crippen molar-refractivity contribution in [1.82, 2.24) is 4.90 Å². The normalized spacial score (nSPS) is 13.9. The van der Waals surface area contributed by atoms with Crippen LogP contribution in [0.3, 0.4) is 0 Å². The Kier molecular flexibility index (Phi) is 5.31. The van der Waals surface area contributed by atoms with Crippen LogP contribution in [0.15, 0.2) is 12.1 Å². The van der Waals surface area contributed by atoms with Gasteiger partial charge in [-0.1, -0.05) is 11.6 Å². The molecular weight excluding hydrogens is 292 g/mol. The number of amides is 1. The van der Waals surface area contributed by atoms with Gasteiger partial charge in [-0.15, -0.1) is 0 Å². The van der Waals surface area contributed by atoms with Crippen molar-refractivity contribution < 1.29 is 14.3 Å². The van der Waals surface area contributed by atoms with Crippen molar-refractivity contribution >= 4 is 17.5 Å². The molecule has 0 unspecified atom stereocenters. The molecule has 2 rings (SSSR count). The van der Waals surface area contributed by atoms with Crippen LogP contribution < -0.4 is 15.2 Å². The fourth-order valence-electron chi connectivity index (χ4n) is 2.27. The molecule has 1 saturated carbocycles. The van der Waals surface area contributed by atoms with Gasteiger partial charge in [-0.3, -0.25) is 4.79 Å². The number of benzene rings is 1. The first kappa shape index (κ1) is 15.9. The standard InChI is InChI=1S/C15H21ClN2O3/c1-3-18(11-4-5-11)14(19)9-21-15-12(16)6-10(8-17)7-13(15)20-2/h6-7,11H,3-5,8-9,17H2,1-2H3. The highest BCUT2D eigenvalue weighted by Gasteiger charge is 2.31. The van der Waals surface area contributed by atoms with Crippen molar-refractivity contribution in [3.63, 3.8) is 0 Å². The third-order valence-electron chi connectivity index (χ3n) is 3.51. The van der Waals surface area contributed by atoms with Crippen molar-refractivity contribution in [3.05, 3.63) is 22.7 Å². The van der Waals surface area contributed by atoms with Gasteiger partial charge < -0.3 is 20.1 Å². The second kappa shape index (κ2) is 7.00. The monoisotopic (exact) mass is 312 g/mol. The molecule has 0 radical (unpaired) electrons. The zero-order chi connectivity index (χ0) is 15.4. The maximum absolute atomic E-state index is 12.2. The molecule has 6 heteroatoms. The van der Waals surface area contributed by atoms with Crippen molar-refractivity contribution in [1.29, 1.82) is 0 Å². The number of ether oxygens (including phenoxy) is 2. The molecule has 0 bridgehead atoms. The van der Waals surface area contributed by atoms with E-state index in [0.717, 1.165) is 18.4 Å². The van der Waals surface area contributed by atoms with Gasteiger partial charge in [-0.2, -0.15) is 0 Å². The van der Waals surface area contributed by atoms with Gasteiger partial charge in [0.15, 0.2) is 18.1 Å². The van der Waals surface area contributed by atoms with E-state index < -0.39 is 0 Å². The Morgan fingerprint density at radius 1 is 1.48 bits per heavy atom. The van der Waals surface area contributed by atoms with Gasteiger partial charge in [0.25, 0.3) is 5.91 Å². The highest BCUT2D eigenvalue weighted by molar-refractivity contribution is 6.32. The minimum atomic E-state index is -0.0393. The summed E-state index contributed by atoms with van der Waals surface area (Å²) in [5, 5.41) is 0.400. The molecular formula is C15H21ClN2O3. The number of halogens is 1. The molecule has 116 valence electrons. The van der Waals surface area contributed by atoms with E-state index in [4.69, 9.17) is 26.8 Å². The van der Waals surface area contributed by atoms with Crippen molar-refractivity contribution in [3.8, 4) is 11.5 Å². The minimum Gasteiger partial charge on any atom is -0.493 e. The Hall–Kier alpha value is -1.46. The Morgan fingerprint density at radius 2 is 2.19 bits per heavy atom. The molecule has 1 amide bonds. The molecule has 1 aliphatic rings. The molecule has 0 aliphatic heterocycles. The summed E-state index contributed by atoms with van der Waals surface area (Å²) >= 11 is 6.18. The summed E-state index contributed by atoms with van der Waals surface area (Å²) in [6.07, 6.45) is 2.16. The van der Waals surface area contributed by atoms with Crippen molar-refractivity contribution in [2.45, 2.75) is 32.4 Å². The van der Waals surface area contributed by atoms with Crippen molar-refractivity contribution in [2.75, 3.05) is 20.3 Å². The molecule has 0 heterocycles. The van der Waals surface area contributed by atoms with Gasteiger partial charge in [-0.05, 0) is 37.5 Å². The van der Waals surface area contributed by atoms with E-state index in [-0.39, 0.29) is 12.5 Å². The predicted molar refractivity (Wildman–Crippen MR) is 81.8 cm³/mol. The number of carbonyl (C=O) groups excluding carboxylic acids is 1. The van der Waals surface area contributed by atoms with Crippen molar-refractivity contribution in [2.24, 2.45) is 5.73 Å². The quantitative estimate of drug-likeness (QED) is 0.838. The summed E-state index contributed by atoms with van der Waals surface area (Å²) in [4.78, 5) is 14.0. The maximum atomic E-state index is 12.2. The number of nitrogens with two attached hydrogens (primary N) is 1. The predicted octanol–water partition coefficient (Wildman–Crippen LogP) is 2.20. The van der Waals surface area contributed by atoms with E-state index in [1.165, 1.54) is 7.11 Å². The Bertz CT molecular complexity index is 518. The topological polar surface area (TPSA) is 64.8 Å². The molecule has 0 spiro atoms. The fourth-order valence-corrected chi connectivity index (χ4v) is 2.56. The van der Waals surface area contributed by atoms with Crippen LogP contribution in [-0.2, 0) is 11.3 Å². The van der Waals surface area contributed by atoms with Crippen LogP contribution in [0.5, 0.6) is 11.5 Å². The third kappa shape index (κ3) is 3.80. The average Bonchev–Trinajstić information content (AvgIpc) is 3.30. The highest BCUT2D eigenvalue weighted by Crippen LogP contribution is 2.36. The van der Waals surface area contributed by atoms with E-state index in [1.54, 1.807) is 12.1 Å². The molecule has 1 aliphatic carbocycles. The van der Waals surface area contributed by atoms with Crippen LogP contribution >= 0.6 is 11.6 Å². The van der Waals surface area contributed by atoms with Gasteiger partial charge in [0.1, 0.15) is 0 Å². The Balaban J connectivity index is 2.06. The van der Waals surface area contributed by atoms with Gasteiger partial charge >= 0.3 is 0 Å². The van der Waals surface area contributed by atoms with Gasteiger partial charge in [0.05, 0.1) is 12.1 Å². The minimum absolute atomic E-state index is 0.0268. The van der Waals surface area contributed by atoms with E-state index in [0.29, 0.717) is 35.7 Å². The third-order valence-corrected chi connectivity index (χ3v) is 3.79. The maximum Gasteiger partial charge on any atom is 0.260 e. The summed E-state index contributed by atoms with van der Waals surface area (Å²) in [5.74, 6) is 0.850. The smallest absolute Gasteiger partial charge is 0.260 e. The molecule has 1 aromatic rings. The largest absolute Gasteiger partial charge is 0.493 e. The summed E-state index contributed by atoms with van der Waals surface area (Å²) in [7, 11) is 1.53. The summed E-state index contributed by atoms with van der Waals surface area (Å²) in [6, 6.07) is 3.87. The number of hydrogen-bond donors (Lipinski definition) is 1. The van der Waals surface area contributed by atoms with Crippen LogP contribution in [-0.4, -0.2) is 37.1 Å². The fraction of sp³-hybridized carbons (Fsp3) is 0.533. The zero-order valence-electron chi connectivity index (χ0n) is 12.4. The molecule has 21 heavy (non-hydrogen) atoms. The lowest BCUT2D eigenvalue weighted by Gasteiger charge is -2.21. The van der Waals surface area contributed by atoms with Crippen LogP contribution in [0.25, 0.3) is 0 Å². The molecule has 0 aromatic heterocycles. The lowest BCUT2D eigenvalue weighted by atomic mass is 10.2. The van der Waals surface area contributed by atoms with E-state index in [2.05, 4.69) is 0 Å². The lowest BCUT2D eigenvalue weighted by Crippen LogP contribution is -2.36. The van der Waals surface area contributed by atoms with Gasteiger partial charge in [-0.25, -0.2) is 0 Å². The zero-order valence-corrected chi connectivity index (χ0v) is 13.2. The van der Waals surface area contributed by atoms with Crippen LogP contribution in [0.4, 0.5) is 0 Å². The molecule has 1 fully saturated rings. The van der Waals surface area contributed by atoms with E-state index in [9.17, 15) is 4.79 Å². The van der Waals surface area contributed by atoms with Crippen LogP contribution in [0.2, 0.25) is 5.02 Å². The molecule has 0 saturated heterocycles. The first-order chi connectivity index (χ1) is 10.1. The number of likely N-dealkylation sites (N-methyl/N-ethyl adjacent to an activating group) is 1. The van der Waals surface area contributed by atoms with Crippen LogP contribution in [0, 0.1) is 0 Å². The molecule has 5 nitrogen and oxygen atoms in total. The number of hydrogen-bond acceptors (Lipinski definition) is 4. The summed E-state index contributed by atoms with van der Waals surface area (Å²) in [6.45, 7) is 2.99. The summed E-state index contributed by atoms with van der Waals surface area (Å²) < 4.78 is 10.8. The van der Waals surface area contributed by atoms with Gasteiger partial charge in [0, 0.05) is 19.1 Å². The van der Waals surface area contributed by atoms with E-state index >= 15 is 0 Å². The number of methoxy groups -OCH3 is 1. The average molecular weight is 313 g/mol. The Morgan fingerprint density at radius 3 is 2.71 bits per heavy atom. The van der Waals surface area contributed by atoms with E-state index in [1.807, 2.05) is 11.8 Å². The number of rotatable bonds is 7. The molecule has 2 N–H and O–H groups in total. The highest BCUT2D eigenvalue weighted by atomic mass is 35.5. The second-order valence-electron chi connectivity index (χ2n) is 5.01.